The molecule has 4 heteroatoms. The first-order valence-electron chi connectivity index (χ1n) is 6.11. The van der Waals surface area contributed by atoms with Crippen molar-refractivity contribution >= 4 is 5.69 Å². The molecule has 0 radical (unpaired) electrons. The van der Waals surface area contributed by atoms with E-state index in [4.69, 9.17) is 0 Å². The predicted octanol–water partition coefficient (Wildman–Crippen LogP) is 2.83. The van der Waals surface area contributed by atoms with Crippen molar-refractivity contribution in [1.29, 1.82) is 0 Å². The van der Waals surface area contributed by atoms with Crippen LogP contribution in [0.15, 0.2) is 24.3 Å². The number of nitro benzene ring substituents is 1. The first-order chi connectivity index (χ1) is 8.16. The molecule has 4 nitrogen and oxygen atoms in total. The monoisotopic (exact) mass is 234 g/mol. The molecule has 0 unspecified atom stereocenters. The number of nitro groups is 1. The highest BCUT2D eigenvalue weighted by Crippen LogP contribution is 2.22. The Morgan fingerprint density at radius 2 is 2.24 bits per heavy atom. The lowest BCUT2D eigenvalue weighted by Crippen LogP contribution is -2.33. The molecule has 1 saturated heterocycles. The van der Waals surface area contributed by atoms with Gasteiger partial charge < -0.3 is 0 Å². The highest BCUT2D eigenvalue weighted by Gasteiger charge is 2.19. The number of hydrogen-bond acceptors (Lipinski definition) is 3. The average Bonchev–Trinajstić information content (AvgIpc) is 2.29. The van der Waals surface area contributed by atoms with Crippen LogP contribution < -0.4 is 0 Å². The van der Waals surface area contributed by atoms with Gasteiger partial charge in [0.2, 0.25) is 0 Å². The zero-order valence-corrected chi connectivity index (χ0v) is 10.1. The van der Waals surface area contributed by atoms with Crippen LogP contribution in [-0.2, 0) is 6.54 Å². The van der Waals surface area contributed by atoms with E-state index < -0.39 is 0 Å². The lowest BCUT2D eigenvalue weighted by atomic mass is 9.99. The van der Waals surface area contributed by atoms with Crippen LogP contribution in [0.4, 0.5) is 5.69 Å². The maximum absolute atomic E-state index is 10.9. The molecule has 17 heavy (non-hydrogen) atoms. The Morgan fingerprint density at radius 3 is 2.94 bits per heavy atom. The molecule has 1 aromatic rings. The lowest BCUT2D eigenvalue weighted by Gasteiger charge is -2.30. The summed E-state index contributed by atoms with van der Waals surface area (Å²) in [4.78, 5) is 12.9. The highest BCUT2D eigenvalue weighted by molar-refractivity contribution is 5.39. The molecule has 0 bridgehead atoms. The van der Waals surface area contributed by atoms with Gasteiger partial charge in [0.15, 0.2) is 0 Å². The molecule has 1 heterocycles. The van der Waals surface area contributed by atoms with Crippen LogP contribution in [0.3, 0.4) is 0 Å². The van der Waals surface area contributed by atoms with Crippen molar-refractivity contribution < 1.29 is 4.92 Å². The molecule has 1 aliphatic rings. The first-order valence-corrected chi connectivity index (χ1v) is 6.11. The molecule has 1 aliphatic heterocycles. The third-order valence-electron chi connectivity index (χ3n) is 3.32. The maximum Gasteiger partial charge on any atom is 0.273 e. The second-order valence-electron chi connectivity index (χ2n) is 4.87. The van der Waals surface area contributed by atoms with Crippen molar-refractivity contribution in [3.63, 3.8) is 0 Å². The zero-order valence-electron chi connectivity index (χ0n) is 10.1. The summed E-state index contributed by atoms with van der Waals surface area (Å²) < 4.78 is 0. The van der Waals surface area contributed by atoms with Gasteiger partial charge in [0.1, 0.15) is 0 Å². The largest absolute Gasteiger partial charge is 0.299 e. The van der Waals surface area contributed by atoms with E-state index in [0.29, 0.717) is 12.5 Å². The SMILES string of the molecule is C[C@H]1CCCN(Cc2ccccc2[N+](=O)[O-])C1. The van der Waals surface area contributed by atoms with Crippen LogP contribution in [0.2, 0.25) is 0 Å². The summed E-state index contributed by atoms with van der Waals surface area (Å²) in [7, 11) is 0. The molecule has 0 N–H and O–H groups in total. The fourth-order valence-corrected chi connectivity index (χ4v) is 2.49. The van der Waals surface area contributed by atoms with Gasteiger partial charge in [0, 0.05) is 24.7 Å². The van der Waals surface area contributed by atoms with Crippen molar-refractivity contribution in [1.82, 2.24) is 4.90 Å². The van der Waals surface area contributed by atoms with E-state index in [9.17, 15) is 10.1 Å². The van der Waals surface area contributed by atoms with E-state index in [1.54, 1.807) is 12.1 Å². The molecule has 1 aromatic carbocycles. The van der Waals surface area contributed by atoms with Gasteiger partial charge in [-0.2, -0.15) is 0 Å². The van der Waals surface area contributed by atoms with Crippen molar-refractivity contribution in [3.05, 3.63) is 39.9 Å². The summed E-state index contributed by atoms with van der Waals surface area (Å²) in [5, 5.41) is 10.9. The minimum Gasteiger partial charge on any atom is -0.299 e. The van der Waals surface area contributed by atoms with Crippen molar-refractivity contribution in [2.24, 2.45) is 5.92 Å². The molecule has 1 atom stereocenters. The minimum atomic E-state index is -0.289. The van der Waals surface area contributed by atoms with Crippen LogP contribution in [0, 0.1) is 16.0 Å². The Kier molecular flexibility index (Phi) is 3.74. The molecule has 2 rings (SSSR count). The Balaban J connectivity index is 2.10. The number of piperidine rings is 1. The third-order valence-corrected chi connectivity index (χ3v) is 3.32. The lowest BCUT2D eigenvalue weighted by molar-refractivity contribution is -0.385. The standard InChI is InChI=1S/C13H18N2O2/c1-11-5-4-8-14(9-11)10-12-6-2-3-7-13(12)15(16)17/h2-3,6-7,11H,4-5,8-10H2,1H3/t11-/m0/s1. The zero-order chi connectivity index (χ0) is 12.3. The van der Waals surface area contributed by atoms with E-state index in [-0.39, 0.29) is 10.6 Å². The molecule has 0 aromatic heterocycles. The van der Waals surface area contributed by atoms with Gasteiger partial charge in [-0.1, -0.05) is 25.1 Å². The molecular weight excluding hydrogens is 216 g/mol. The highest BCUT2D eigenvalue weighted by atomic mass is 16.6. The minimum absolute atomic E-state index is 0.241. The first kappa shape index (κ1) is 12.0. The number of nitrogens with zero attached hydrogens (tertiary/aromatic N) is 2. The maximum atomic E-state index is 10.9. The van der Waals surface area contributed by atoms with Gasteiger partial charge in [0.05, 0.1) is 4.92 Å². The Labute approximate surface area is 101 Å². The summed E-state index contributed by atoms with van der Waals surface area (Å²) in [6.45, 7) is 5.04. The summed E-state index contributed by atoms with van der Waals surface area (Å²) in [6.07, 6.45) is 2.47. The molecule has 92 valence electrons. The predicted molar refractivity (Wildman–Crippen MR) is 66.8 cm³/mol. The number of hydrogen-bond donors (Lipinski definition) is 0. The number of rotatable bonds is 3. The fourth-order valence-electron chi connectivity index (χ4n) is 2.49. The third kappa shape index (κ3) is 3.03. The van der Waals surface area contributed by atoms with Crippen molar-refractivity contribution in [2.45, 2.75) is 26.3 Å². The molecule has 1 fully saturated rings. The Bertz CT molecular complexity index is 406. The second kappa shape index (κ2) is 5.27. The molecule has 0 aliphatic carbocycles. The topological polar surface area (TPSA) is 46.4 Å². The van der Waals surface area contributed by atoms with Crippen LogP contribution in [0.5, 0.6) is 0 Å². The van der Waals surface area contributed by atoms with E-state index in [1.807, 2.05) is 12.1 Å². The van der Waals surface area contributed by atoms with Gasteiger partial charge in [-0.05, 0) is 25.3 Å². The Hall–Kier alpha value is -1.42. The smallest absolute Gasteiger partial charge is 0.273 e. The second-order valence-corrected chi connectivity index (χ2v) is 4.87. The number of para-hydroxylation sites is 1. The Morgan fingerprint density at radius 1 is 1.47 bits per heavy atom. The van der Waals surface area contributed by atoms with Gasteiger partial charge in [0.25, 0.3) is 5.69 Å². The van der Waals surface area contributed by atoms with Crippen molar-refractivity contribution in [3.8, 4) is 0 Å². The van der Waals surface area contributed by atoms with Gasteiger partial charge >= 0.3 is 0 Å². The summed E-state index contributed by atoms with van der Waals surface area (Å²) >= 11 is 0. The number of benzene rings is 1. The van der Waals surface area contributed by atoms with Crippen LogP contribution in [-0.4, -0.2) is 22.9 Å². The van der Waals surface area contributed by atoms with Crippen molar-refractivity contribution in [2.75, 3.05) is 13.1 Å². The van der Waals surface area contributed by atoms with E-state index >= 15 is 0 Å². The van der Waals surface area contributed by atoms with Gasteiger partial charge in [-0.15, -0.1) is 0 Å². The summed E-state index contributed by atoms with van der Waals surface area (Å²) in [6, 6.07) is 7.04. The van der Waals surface area contributed by atoms with E-state index in [0.717, 1.165) is 18.7 Å². The van der Waals surface area contributed by atoms with Crippen LogP contribution in [0.1, 0.15) is 25.3 Å². The van der Waals surface area contributed by atoms with Crippen LogP contribution in [0.25, 0.3) is 0 Å². The molecule has 0 saturated carbocycles. The van der Waals surface area contributed by atoms with Crippen LogP contribution >= 0.6 is 0 Å². The summed E-state index contributed by atoms with van der Waals surface area (Å²) in [5.41, 5.74) is 1.07. The molecular formula is C13H18N2O2. The molecule has 0 spiro atoms. The van der Waals surface area contributed by atoms with E-state index in [1.165, 1.54) is 12.8 Å². The molecule has 0 amide bonds. The quantitative estimate of drug-likeness (QED) is 0.596. The fraction of sp³-hybridized carbons (Fsp3) is 0.538. The average molecular weight is 234 g/mol. The van der Waals surface area contributed by atoms with E-state index in [2.05, 4.69) is 11.8 Å². The van der Waals surface area contributed by atoms with Gasteiger partial charge in [-0.25, -0.2) is 0 Å². The summed E-state index contributed by atoms with van der Waals surface area (Å²) in [5.74, 6) is 0.700. The normalized spacial score (nSPS) is 21.4. The van der Waals surface area contributed by atoms with Gasteiger partial charge in [-0.3, -0.25) is 15.0 Å². The number of likely N-dealkylation sites (tertiary alicyclic amines) is 1.